The van der Waals surface area contributed by atoms with E-state index in [1.165, 1.54) is 20.0 Å². The monoisotopic (exact) mass is 762 g/mol. The predicted molar refractivity (Wildman–Crippen MR) is 177 cm³/mol. The highest BCUT2D eigenvalue weighted by atomic mass is 35.5. The summed E-state index contributed by atoms with van der Waals surface area (Å²) in [7, 11) is 1.31. The molecule has 2 aromatic rings. The standard InChI is InChI=1S/C26H26ClF6N7O3.C7H12FN/c1-42-24-37-15-7-17(18-13(26(31,32)33)3-4-14(34)20(18)28)43-9-12(15)22(38-24)39-6-2-5-36-16(8-39)19(27)21(35)23(41)40-10-25(29,30)11-40;8-6-4-7-2-1-3-9(7)5-6/h3-4,17H,2,5-11,34-35H2,1H3;6-7H,1-5H2/b21-19+;. The highest BCUT2D eigenvalue weighted by Crippen LogP contribution is 2.43. The van der Waals surface area contributed by atoms with Crippen molar-refractivity contribution in [2.24, 2.45) is 10.7 Å². The summed E-state index contributed by atoms with van der Waals surface area (Å²) in [6.07, 6.45) is -3.15. The Morgan fingerprint density at radius 3 is 2.58 bits per heavy atom. The van der Waals surface area contributed by atoms with Crippen LogP contribution in [-0.4, -0.2) is 102 Å². The fraction of sp³-hybridized carbons (Fsp3) is 0.576. The smallest absolute Gasteiger partial charge is 0.416 e. The first-order chi connectivity index (χ1) is 24.6. The summed E-state index contributed by atoms with van der Waals surface area (Å²) in [6, 6.07) is 2.06. The molecule has 0 aliphatic carbocycles. The number of rotatable bonds is 5. The Morgan fingerprint density at radius 1 is 1.15 bits per heavy atom. The Balaban J connectivity index is 0.000000444. The van der Waals surface area contributed by atoms with Crippen molar-refractivity contribution >= 4 is 34.7 Å². The molecule has 52 heavy (non-hydrogen) atoms. The van der Waals surface area contributed by atoms with Crippen molar-refractivity contribution in [1.29, 1.82) is 0 Å². The van der Waals surface area contributed by atoms with E-state index in [9.17, 15) is 35.5 Å². The maximum absolute atomic E-state index is 15.0. The van der Waals surface area contributed by atoms with Crippen molar-refractivity contribution in [2.75, 3.05) is 63.6 Å². The molecular weight excluding hydrogens is 725 g/mol. The maximum Gasteiger partial charge on any atom is 0.416 e. The lowest BCUT2D eigenvalue weighted by molar-refractivity contribution is -0.161. The fourth-order valence-electron chi connectivity index (χ4n) is 7.15. The number of aromatic nitrogens is 2. The van der Waals surface area contributed by atoms with E-state index in [0.29, 0.717) is 49.5 Å². The van der Waals surface area contributed by atoms with Crippen LogP contribution >= 0.6 is 11.6 Å². The molecule has 1 aromatic carbocycles. The molecule has 1 aromatic heterocycles. The molecule has 0 spiro atoms. The molecule has 3 fully saturated rings. The number of hydrogen-bond donors (Lipinski definition) is 2. The van der Waals surface area contributed by atoms with Crippen LogP contribution in [-0.2, 0) is 28.7 Å². The highest BCUT2D eigenvalue weighted by molar-refractivity contribution is 6.45. The Morgan fingerprint density at radius 2 is 1.90 bits per heavy atom. The van der Waals surface area contributed by atoms with E-state index >= 15 is 0 Å². The van der Waals surface area contributed by atoms with E-state index in [4.69, 9.17) is 32.5 Å². The van der Waals surface area contributed by atoms with Crippen molar-refractivity contribution in [3.63, 3.8) is 0 Å². The Kier molecular flexibility index (Phi) is 10.8. The number of carbonyl (C=O) groups is 1. The zero-order chi connectivity index (χ0) is 37.5. The predicted octanol–water partition coefficient (Wildman–Crippen LogP) is 4.77. The van der Waals surface area contributed by atoms with Crippen LogP contribution < -0.4 is 21.1 Å². The van der Waals surface area contributed by atoms with Crippen molar-refractivity contribution in [2.45, 2.75) is 69.1 Å². The first-order valence-corrected chi connectivity index (χ1v) is 17.1. The van der Waals surface area contributed by atoms with Gasteiger partial charge >= 0.3 is 12.2 Å². The fourth-order valence-corrected chi connectivity index (χ4v) is 7.35. The second kappa shape index (κ2) is 14.9. The lowest BCUT2D eigenvalue weighted by Crippen LogP contribution is -2.59. The minimum Gasteiger partial charge on any atom is -0.467 e. The number of benzene rings is 1. The summed E-state index contributed by atoms with van der Waals surface area (Å²) in [5, 5.41) is -0.199. The van der Waals surface area contributed by atoms with Crippen LogP contribution in [0.2, 0.25) is 0 Å². The number of hydrogen-bond acceptors (Lipinski definition) is 10. The van der Waals surface area contributed by atoms with Gasteiger partial charge in [-0.3, -0.25) is 14.7 Å². The normalized spacial score (nSPS) is 24.8. The summed E-state index contributed by atoms with van der Waals surface area (Å²) in [5.74, 6) is -4.76. The van der Waals surface area contributed by atoms with Crippen LogP contribution in [0.1, 0.15) is 54.2 Å². The van der Waals surface area contributed by atoms with Crippen molar-refractivity contribution in [3.05, 3.63) is 51.1 Å². The van der Waals surface area contributed by atoms with Gasteiger partial charge in [0.25, 0.3) is 11.8 Å². The first-order valence-electron chi connectivity index (χ1n) is 16.8. The number of likely N-dealkylation sites (tertiary alicyclic amines) is 1. The number of aliphatic imine (C=N–C) groups is 1. The molecule has 1 amide bonds. The second-order valence-corrected chi connectivity index (χ2v) is 13.7. The molecule has 0 bridgehead atoms. The van der Waals surface area contributed by atoms with Crippen LogP contribution in [0.4, 0.5) is 42.2 Å². The van der Waals surface area contributed by atoms with Crippen LogP contribution in [0.15, 0.2) is 27.9 Å². The molecule has 5 aliphatic heterocycles. The average Bonchev–Trinajstić information content (AvgIpc) is 3.57. The summed E-state index contributed by atoms with van der Waals surface area (Å²) in [6.45, 7) is 0.697. The molecule has 0 radical (unpaired) electrons. The number of methoxy groups -OCH3 is 1. The zero-order valence-electron chi connectivity index (χ0n) is 28.2. The lowest BCUT2D eigenvalue weighted by atomic mass is 9.94. The van der Waals surface area contributed by atoms with Gasteiger partial charge in [-0.25, -0.2) is 17.6 Å². The maximum atomic E-state index is 15.0. The molecule has 3 saturated heterocycles. The quantitative estimate of drug-likeness (QED) is 0.251. The van der Waals surface area contributed by atoms with E-state index < -0.39 is 71.7 Å². The number of fused-ring (bicyclic) bond motifs is 2. The number of nitrogens with zero attached hydrogens (tertiary/aromatic N) is 6. The highest BCUT2D eigenvalue weighted by Gasteiger charge is 2.47. The SMILES string of the molecule is COc1nc2c(c(N3CCCN=C(/C(Cl)=C(\N)C(=O)N4CC(F)(F)C4)C3)n1)COC(c1c(C(F)(F)F)ccc(N)c1F)C2.FC1CC2CCCN2C1. The van der Waals surface area contributed by atoms with Gasteiger partial charge in [-0.2, -0.15) is 23.1 Å². The molecular formula is C33H38ClF7N8O3. The summed E-state index contributed by atoms with van der Waals surface area (Å²) < 4.78 is 106. The minimum atomic E-state index is -4.86. The number of halogens is 8. The Hall–Kier alpha value is -3.90. The third kappa shape index (κ3) is 7.88. The molecule has 11 nitrogen and oxygen atoms in total. The van der Waals surface area contributed by atoms with Gasteiger partial charge in [-0.1, -0.05) is 11.6 Å². The summed E-state index contributed by atoms with van der Waals surface area (Å²) in [4.78, 5) is 30.6. The number of alkyl halides is 6. The molecule has 3 atom stereocenters. The van der Waals surface area contributed by atoms with Crippen LogP contribution in [0.25, 0.3) is 0 Å². The van der Waals surface area contributed by atoms with Gasteiger partial charge in [-0.05, 0) is 44.4 Å². The van der Waals surface area contributed by atoms with Gasteiger partial charge < -0.3 is 30.7 Å². The third-order valence-corrected chi connectivity index (χ3v) is 10.1. The van der Waals surface area contributed by atoms with E-state index in [1.54, 1.807) is 4.90 Å². The van der Waals surface area contributed by atoms with Gasteiger partial charge in [-0.15, -0.1) is 0 Å². The van der Waals surface area contributed by atoms with Crippen LogP contribution in [0, 0.1) is 5.82 Å². The van der Waals surface area contributed by atoms with Crippen molar-refractivity contribution in [1.82, 2.24) is 19.8 Å². The molecule has 19 heteroatoms. The molecule has 3 unspecified atom stereocenters. The largest absolute Gasteiger partial charge is 0.467 e. The number of nitrogens with two attached hydrogens (primary N) is 2. The van der Waals surface area contributed by atoms with Gasteiger partial charge in [0.1, 0.15) is 17.7 Å². The van der Waals surface area contributed by atoms with Crippen molar-refractivity contribution < 1.29 is 45.0 Å². The van der Waals surface area contributed by atoms with Gasteiger partial charge in [0.2, 0.25) is 0 Å². The molecule has 5 aliphatic rings. The molecule has 7 rings (SSSR count). The molecule has 4 N–H and O–H groups in total. The van der Waals surface area contributed by atoms with Gasteiger partial charge in [0, 0.05) is 43.2 Å². The van der Waals surface area contributed by atoms with Crippen molar-refractivity contribution in [3.8, 4) is 6.01 Å². The molecule has 284 valence electrons. The van der Waals surface area contributed by atoms with E-state index in [2.05, 4.69) is 19.9 Å². The average molecular weight is 763 g/mol. The minimum absolute atomic E-state index is 0.0128. The Bertz CT molecular complexity index is 1740. The van der Waals surface area contributed by atoms with E-state index in [0.717, 1.165) is 23.9 Å². The molecule has 0 saturated carbocycles. The van der Waals surface area contributed by atoms with Crippen LogP contribution in [0.5, 0.6) is 6.01 Å². The molecule has 6 heterocycles. The first kappa shape index (κ1) is 37.8. The zero-order valence-corrected chi connectivity index (χ0v) is 28.9. The number of ether oxygens (including phenoxy) is 2. The lowest BCUT2D eigenvalue weighted by Gasteiger charge is -2.38. The topological polar surface area (TPSA) is 135 Å². The Labute approximate surface area is 299 Å². The number of amides is 1. The summed E-state index contributed by atoms with van der Waals surface area (Å²) in [5.41, 5.74) is 9.60. The van der Waals surface area contributed by atoms with E-state index in [-0.39, 0.29) is 42.0 Å². The number of anilines is 2. The third-order valence-electron chi connectivity index (χ3n) is 9.72. The van der Waals surface area contributed by atoms with Gasteiger partial charge in [0.05, 0.1) is 67.1 Å². The number of nitrogen functional groups attached to an aromatic ring is 1. The second-order valence-electron chi connectivity index (χ2n) is 13.4. The number of carbonyl (C=O) groups excluding carboxylic acids is 1. The van der Waals surface area contributed by atoms with Crippen LogP contribution in [0.3, 0.4) is 0 Å². The van der Waals surface area contributed by atoms with Gasteiger partial charge in [0.15, 0.2) is 5.82 Å². The van der Waals surface area contributed by atoms with E-state index in [1.807, 2.05) is 0 Å². The summed E-state index contributed by atoms with van der Waals surface area (Å²) >= 11 is 6.44.